The van der Waals surface area contributed by atoms with Crippen LogP contribution in [0.1, 0.15) is 0 Å². The van der Waals surface area contributed by atoms with E-state index >= 15 is 0 Å². The highest BCUT2D eigenvalue weighted by Crippen LogP contribution is 2.21. The van der Waals surface area contributed by atoms with Gasteiger partial charge in [0, 0.05) is 5.39 Å². The molecule has 2 nitrogen and oxygen atoms in total. The Morgan fingerprint density at radius 3 is 2.33 bits per heavy atom. The van der Waals surface area contributed by atoms with E-state index in [0.29, 0.717) is 5.82 Å². The van der Waals surface area contributed by atoms with Crippen molar-refractivity contribution in [2.45, 2.75) is 0 Å². The number of nitrogens with two attached hydrogens (primary N) is 1. The number of hydrogen-bond acceptors (Lipinski definition) is 2. The Morgan fingerprint density at radius 1 is 0.800 bits per heavy atom. The smallest absolute Gasteiger partial charge is 0.124 e. The monoisotopic (exact) mass is 194 g/mol. The number of hydrogen-bond donors (Lipinski definition) is 1. The van der Waals surface area contributed by atoms with Gasteiger partial charge in [-0.25, -0.2) is 4.98 Å². The number of nitrogen functional groups attached to an aromatic ring is 1. The minimum Gasteiger partial charge on any atom is -0.384 e. The van der Waals surface area contributed by atoms with Gasteiger partial charge in [-0.2, -0.15) is 0 Å². The van der Waals surface area contributed by atoms with E-state index < -0.39 is 0 Å². The van der Waals surface area contributed by atoms with Crippen LogP contribution in [0.2, 0.25) is 0 Å². The quantitative estimate of drug-likeness (QED) is 0.559. The van der Waals surface area contributed by atoms with E-state index in [4.69, 9.17) is 5.73 Å². The zero-order valence-electron chi connectivity index (χ0n) is 8.14. The molecule has 1 heterocycles. The molecule has 0 bridgehead atoms. The van der Waals surface area contributed by atoms with Gasteiger partial charge in [0.15, 0.2) is 0 Å². The van der Waals surface area contributed by atoms with E-state index in [-0.39, 0.29) is 0 Å². The van der Waals surface area contributed by atoms with E-state index in [2.05, 4.69) is 29.2 Å². The maximum atomic E-state index is 5.66. The van der Waals surface area contributed by atoms with Gasteiger partial charge in [0.1, 0.15) is 5.82 Å². The third-order valence-electron chi connectivity index (χ3n) is 2.58. The molecule has 3 rings (SSSR count). The predicted octanol–water partition coefficient (Wildman–Crippen LogP) is 2.97. The average Bonchev–Trinajstić information content (AvgIpc) is 2.26. The molecule has 2 heteroatoms. The summed E-state index contributed by atoms with van der Waals surface area (Å²) >= 11 is 0. The Labute approximate surface area is 87.4 Å². The Morgan fingerprint density at radius 2 is 1.53 bits per heavy atom. The van der Waals surface area contributed by atoms with Crippen molar-refractivity contribution in [3.05, 3.63) is 48.5 Å². The van der Waals surface area contributed by atoms with Crippen molar-refractivity contribution in [2.75, 3.05) is 5.73 Å². The van der Waals surface area contributed by atoms with Gasteiger partial charge in [0.25, 0.3) is 0 Å². The van der Waals surface area contributed by atoms with E-state index in [0.717, 1.165) is 10.9 Å². The SMILES string of the molecule is Nc1ccc2cc3ccccc3cc2n1. The fourth-order valence-corrected chi connectivity index (χ4v) is 1.83. The lowest BCUT2D eigenvalue weighted by molar-refractivity contribution is 1.42. The summed E-state index contributed by atoms with van der Waals surface area (Å²) in [6.07, 6.45) is 0. The van der Waals surface area contributed by atoms with Crippen molar-refractivity contribution in [3.63, 3.8) is 0 Å². The lowest BCUT2D eigenvalue weighted by Gasteiger charge is -2.01. The zero-order chi connectivity index (χ0) is 10.3. The molecule has 3 aromatic rings. The van der Waals surface area contributed by atoms with Gasteiger partial charge in [-0.1, -0.05) is 24.3 Å². The van der Waals surface area contributed by atoms with Crippen LogP contribution in [0.25, 0.3) is 21.7 Å². The second-order valence-corrected chi connectivity index (χ2v) is 3.63. The predicted molar refractivity (Wildman–Crippen MR) is 63.7 cm³/mol. The highest BCUT2D eigenvalue weighted by molar-refractivity contribution is 5.96. The molecule has 0 radical (unpaired) electrons. The standard InChI is InChI=1S/C13H10N2/c14-13-6-5-11-7-9-3-1-2-4-10(9)8-12(11)15-13/h1-8H,(H2,14,15). The number of fused-ring (bicyclic) bond motifs is 2. The second kappa shape index (κ2) is 2.95. The largest absolute Gasteiger partial charge is 0.384 e. The van der Waals surface area contributed by atoms with Crippen molar-refractivity contribution in [2.24, 2.45) is 0 Å². The number of anilines is 1. The first-order chi connectivity index (χ1) is 7.33. The molecule has 0 aliphatic heterocycles. The molecule has 0 aliphatic rings. The number of aromatic nitrogens is 1. The van der Waals surface area contributed by atoms with Crippen molar-refractivity contribution in [3.8, 4) is 0 Å². The second-order valence-electron chi connectivity index (χ2n) is 3.63. The van der Waals surface area contributed by atoms with Crippen molar-refractivity contribution >= 4 is 27.5 Å². The molecule has 0 saturated carbocycles. The summed E-state index contributed by atoms with van der Waals surface area (Å²) in [5.41, 5.74) is 6.61. The Bertz CT molecular complexity index is 644. The van der Waals surface area contributed by atoms with E-state index in [9.17, 15) is 0 Å². The average molecular weight is 194 g/mol. The van der Waals surface area contributed by atoms with Gasteiger partial charge in [0.05, 0.1) is 5.52 Å². The summed E-state index contributed by atoms with van der Waals surface area (Å²) in [6, 6.07) is 16.3. The minimum atomic E-state index is 0.567. The molecule has 0 amide bonds. The summed E-state index contributed by atoms with van der Waals surface area (Å²) in [7, 11) is 0. The number of pyridine rings is 1. The molecular weight excluding hydrogens is 184 g/mol. The fourth-order valence-electron chi connectivity index (χ4n) is 1.83. The van der Waals surface area contributed by atoms with E-state index in [1.165, 1.54) is 10.8 Å². The highest BCUT2D eigenvalue weighted by atomic mass is 14.8. The number of benzene rings is 2. The van der Waals surface area contributed by atoms with Crippen LogP contribution in [0.15, 0.2) is 48.5 Å². The van der Waals surface area contributed by atoms with Crippen LogP contribution < -0.4 is 5.73 Å². The van der Waals surface area contributed by atoms with Crippen LogP contribution in [0, 0.1) is 0 Å². The van der Waals surface area contributed by atoms with Gasteiger partial charge in [-0.05, 0) is 35.0 Å². The summed E-state index contributed by atoms with van der Waals surface area (Å²) < 4.78 is 0. The lowest BCUT2D eigenvalue weighted by atomic mass is 10.1. The summed E-state index contributed by atoms with van der Waals surface area (Å²) in [6.45, 7) is 0. The van der Waals surface area contributed by atoms with Gasteiger partial charge in [-0.15, -0.1) is 0 Å². The van der Waals surface area contributed by atoms with Gasteiger partial charge >= 0.3 is 0 Å². The first-order valence-electron chi connectivity index (χ1n) is 4.88. The third kappa shape index (κ3) is 1.31. The molecular formula is C13H10N2. The minimum absolute atomic E-state index is 0.567. The van der Waals surface area contributed by atoms with Crippen LogP contribution >= 0.6 is 0 Å². The number of nitrogens with zero attached hydrogens (tertiary/aromatic N) is 1. The molecule has 0 atom stereocenters. The Hall–Kier alpha value is -2.09. The molecule has 0 aliphatic carbocycles. The van der Waals surface area contributed by atoms with Crippen LogP contribution in [0.5, 0.6) is 0 Å². The topological polar surface area (TPSA) is 38.9 Å². The first kappa shape index (κ1) is 8.24. The zero-order valence-corrected chi connectivity index (χ0v) is 8.14. The molecule has 15 heavy (non-hydrogen) atoms. The van der Waals surface area contributed by atoms with Gasteiger partial charge < -0.3 is 5.73 Å². The lowest BCUT2D eigenvalue weighted by Crippen LogP contribution is -1.89. The van der Waals surface area contributed by atoms with Crippen molar-refractivity contribution < 1.29 is 0 Å². The summed E-state index contributed by atoms with van der Waals surface area (Å²) in [5.74, 6) is 0.567. The maximum absolute atomic E-state index is 5.66. The molecule has 1 aromatic heterocycles. The highest BCUT2D eigenvalue weighted by Gasteiger charge is 1.98. The molecule has 0 unspecified atom stereocenters. The van der Waals surface area contributed by atoms with Crippen LogP contribution in [0.3, 0.4) is 0 Å². The number of rotatable bonds is 0. The third-order valence-corrected chi connectivity index (χ3v) is 2.58. The first-order valence-corrected chi connectivity index (χ1v) is 4.88. The van der Waals surface area contributed by atoms with Crippen LogP contribution in [-0.2, 0) is 0 Å². The normalized spacial score (nSPS) is 10.9. The van der Waals surface area contributed by atoms with E-state index in [1.54, 1.807) is 0 Å². The summed E-state index contributed by atoms with van der Waals surface area (Å²) in [4.78, 5) is 4.30. The fraction of sp³-hybridized carbons (Fsp3) is 0. The van der Waals surface area contributed by atoms with E-state index in [1.807, 2.05) is 24.3 Å². The van der Waals surface area contributed by atoms with Crippen LogP contribution in [0.4, 0.5) is 5.82 Å². The molecule has 2 aromatic carbocycles. The summed E-state index contributed by atoms with van der Waals surface area (Å²) in [5, 5.41) is 3.56. The molecule has 72 valence electrons. The van der Waals surface area contributed by atoms with Crippen molar-refractivity contribution in [1.82, 2.24) is 4.98 Å². The van der Waals surface area contributed by atoms with Gasteiger partial charge in [0.2, 0.25) is 0 Å². The Kier molecular flexibility index (Phi) is 1.62. The molecule has 0 saturated heterocycles. The molecule has 2 N–H and O–H groups in total. The van der Waals surface area contributed by atoms with Crippen molar-refractivity contribution in [1.29, 1.82) is 0 Å². The Balaban J connectivity index is 2.47. The molecule has 0 spiro atoms. The molecule has 0 fully saturated rings. The van der Waals surface area contributed by atoms with Crippen LogP contribution in [-0.4, -0.2) is 4.98 Å². The van der Waals surface area contributed by atoms with Gasteiger partial charge in [-0.3, -0.25) is 0 Å². The maximum Gasteiger partial charge on any atom is 0.124 e.